The number of hydrogen-bond donors (Lipinski definition) is 1. The average Bonchev–Trinajstić information content (AvgIpc) is 2.94. The summed E-state index contributed by atoms with van der Waals surface area (Å²) in [7, 11) is 1.64. The largest absolute Gasteiger partial charge is 0.467 e. The van der Waals surface area contributed by atoms with Crippen molar-refractivity contribution in [2.75, 3.05) is 49.6 Å². The Kier molecular flexibility index (Phi) is 4.92. The van der Waals surface area contributed by atoms with Gasteiger partial charge in [0.15, 0.2) is 0 Å². The number of nitrogens with one attached hydrogen (secondary N) is 1. The zero-order valence-electron chi connectivity index (χ0n) is 15.3. The van der Waals surface area contributed by atoms with Crippen LogP contribution in [0.1, 0.15) is 51.4 Å². The number of ether oxygens (including phenoxy) is 1. The lowest BCUT2D eigenvalue weighted by Gasteiger charge is -2.39. The van der Waals surface area contributed by atoms with E-state index < -0.39 is 0 Å². The number of methoxy groups -OCH3 is 1. The van der Waals surface area contributed by atoms with Crippen molar-refractivity contribution in [1.29, 1.82) is 0 Å². The quantitative estimate of drug-likeness (QED) is 0.897. The van der Waals surface area contributed by atoms with Crippen LogP contribution >= 0.6 is 0 Å². The monoisotopic (exact) mass is 346 g/mol. The first-order chi connectivity index (χ1) is 12.3. The standard InChI is InChI=1S/C18H30N6O/c1-25-17-21-15(23-11-4-2-3-5-12-23)20-16(22-17)24-13-8-18(9-14-24)7-6-10-19-18/h19H,2-14H2,1H3. The van der Waals surface area contributed by atoms with Crippen LogP contribution in [0.4, 0.5) is 11.9 Å². The minimum absolute atomic E-state index is 0.362. The second kappa shape index (κ2) is 7.32. The molecule has 4 heterocycles. The predicted molar refractivity (Wildman–Crippen MR) is 98.5 cm³/mol. The molecule has 3 fully saturated rings. The van der Waals surface area contributed by atoms with Crippen molar-refractivity contribution < 1.29 is 4.74 Å². The fourth-order valence-corrected chi connectivity index (χ4v) is 4.41. The first kappa shape index (κ1) is 16.8. The second-order valence-corrected chi connectivity index (χ2v) is 7.62. The van der Waals surface area contributed by atoms with Gasteiger partial charge in [0.05, 0.1) is 7.11 Å². The predicted octanol–water partition coefficient (Wildman–Crippen LogP) is 1.98. The van der Waals surface area contributed by atoms with E-state index in [1.807, 2.05) is 0 Å². The Morgan fingerprint density at radius 2 is 1.44 bits per heavy atom. The van der Waals surface area contributed by atoms with Crippen LogP contribution in [0.3, 0.4) is 0 Å². The molecule has 0 amide bonds. The van der Waals surface area contributed by atoms with E-state index in [4.69, 9.17) is 9.72 Å². The van der Waals surface area contributed by atoms with E-state index in [9.17, 15) is 0 Å². The molecule has 0 aliphatic carbocycles. The first-order valence-corrected chi connectivity index (χ1v) is 9.83. The van der Waals surface area contributed by atoms with Gasteiger partial charge in [0.2, 0.25) is 11.9 Å². The van der Waals surface area contributed by atoms with Crippen molar-refractivity contribution in [3.63, 3.8) is 0 Å². The molecular formula is C18H30N6O. The smallest absolute Gasteiger partial charge is 0.322 e. The molecule has 0 radical (unpaired) electrons. The maximum Gasteiger partial charge on any atom is 0.322 e. The van der Waals surface area contributed by atoms with Gasteiger partial charge in [-0.15, -0.1) is 0 Å². The highest BCUT2D eigenvalue weighted by Gasteiger charge is 2.37. The molecule has 1 N–H and O–H groups in total. The topological polar surface area (TPSA) is 66.4 Å². The molecular weight excluding hydrogens is 316 g/mol. The van der Waals surface area contributed by atoms with E-state index in [-0.39, 0.29) is 0 Å². The van der Waals surface area contributed by atoms with Crippen molar-refractivity contribution >= 4 is 11.9 Å². The van der Waals surface area contributed by atoms with Crippen molar-refractivity contribution in [3.05, 3.63) is 0 Å². The maximum atomic E-state index is 5.37. The van der Waals surface area contributed by atoms with Crippen molar-refractivity contribution in [2.24, 2.45) is 0 Å². The van der Waals surface area contributed by atoms with Gasteiger partial charge >= 0.3 is 6.01 Å². The van der Waals surface area contributed by atoms with E-state index in [1.165, 1.54) is 57.9 Å². The van der Waals surface area contributed by atoms with Gasteiger partial charge in [-0.25, -0.2) is 0 Å². The normalized spacial score (nSPS) is 23.7. The highest BCUT2D eigenvalue weighted by Crippen LogP contribution is 2.32. The summed E-state index contributed by atoms with van der Waals surface area (Å²) in [6.45, 7) is 5.22. The zero-order chi connectivity index (χ0) is 17.1. The molecule has 0 atom stereocenters. The molecule has 0 aromatic carbocycles. The SMILES string of the molecule is COc1nc(N2CCCCCC2)nc(N2CCC3(CCCN3)CC2)n1. The number of piperidine rings is 1. The molecule has 0 unspecified atom stereocenters. The molecule has 1 aromatic rings. The number of hydrogen-bond acceptors (Lipinski definition) is 7. The van der Waals surface area contributed by atoms with E-state index >= 15 is 0 Å². The van der Waals surface area contributed by atoms with E-state index in [0.717, 1.165) is 38.1 Å². The van der Waals surface area contributed by atoms with Crippen molar-refractivity contribution in [1.82, 2.24) is 20.3 Å². The van der Waals surface area contributed by atoms with Gasteiger partial charge < -0.3 is 19.9 Å². The number of rotatable bonds is 3. The summed E-state index contributed by atoms with van der Waals surface area (Å²) >= 11 is 0. The lowest BCUT2D eigenvalue weighted by Crippen LogP contribution is -2.50. The van der Waals surface area contributed by atoms with Gasteiger partial charge in [-0.3, -0.25) is 0 Å². The van der Waals surface area contributed by atoms with Gasteiger partial charge in [0.1, 0.15) is 0 Å². The third-order valence-corrected chi connectivity index (χ3v) is 6.00. The third-order valence-electron chi connectivity index (χ3n) is 6.00. The van der Waals surface area contributed by atoms with Crippen LogP contribution in [-0.2, 0) is 0 Å². The lowest BCUT2D eigenvalue weighted by atomic mass is 9.86. The highest BCUT2D eigenvalue weighted by atomic mass is 16.5. The molecule has 7 heteroatoms. The van der Waals surface area contributed by atoms with Gasteiger partial charge in [-0.2, -0.15) is 15.0 Å². The van der Waals surface area contributed by atoms with Crippen molar-refractivity contribution in [3.8, 4) is 6.01 Å². The molecule has 0 saturated carbocycles. The Balaban J connectivity index is 1.51. The molecule has 3 aliphatic rings. The van der Waals surface area contributed by atoms with Crippen LogP contribution in [0, 0.1) is 0 Å². The first-order valence-electron chi connectivity index (χ1n) is 9.83. The second-order valence-electron chi connectivity index (χ2n) is 7.62. The van der Waals surface area contributed by atoms with Crippen LogP contribution in [0.15, 0.2) is 0 Å². The van der Waals surface area contributed by atoms with Crippen LogP contribution in [0.25, 0.3) is 0 Å². The van der Waals surface area contributed by atoms with Crippen LogP contribution in [0.2, 0.25) is 0 Å². The Morgan fingerprint density at radius 1 is 0.800 bits per heavy atom. The molecule has 138 valence electrons. The Labute approximate surface area is 150 Å². The Morgan fingerprint density at radius 3 is 2.00 bits per heavy atom. The van der Waals surface area contributed by atoms with E-state index in [2.05, 4.69) is 25.1 Å². The molecule has 3 aliphatic heterocycles. The fourth-order valence-electron chi connectivity index (χ4n) is 4.41. The molecule has 1 aromatic heterocycles. The summed E-state index contributed by atoms with van der Waals surface area (Å²) in [4.78, 5) is 18.5. The summed E-state index contributed by atoms with van der Waals surface area (Å²) < 4.78 is 5.37. The number of nitrogens with zero attached hydrogens (tertiary/aromatic N) is 5. The molecule has 4 rings (SSSR count). The van der Waals surface area contributed by atoms with Crippen LogP contribution in [0.5, 0.6) is 6.01 Å². The Hall–Kier alpha value is -1.63. The van der Waals surface area contributed by atoms with Gasteiger partial charge in [-0.05, 0) is 45.1 Å². The third kappa shape index (κ3) is 3.66. The summed E-state index contributed by atoms with van der Waals surface area (Å²) in [5.41, 5.74) is 0.362. The summed E-state index contributed by atoms with van der Waals surface area (Å²) in [5.74, 6) is 1.56. The summed E-state index contributed by atoms with van der Waals surface area (Å²) in [5, 5.41) is 3.72. The van der Waals surface area contributed by atoms with Crippen molar-refractivity contribution in [2.45, 2.75) is 56.9 Å². The fraction of sp³-hybridized carbons (Fsp3) is 0.833. The molecule has 25 heavy (non-hydrogen) atoms. The minimum Gasteiger partial charge on any atom is -0.467 e. The maximum absolute atomic E-state index is 5.37. The average molecular weight is 346 g/mol. The molecule has 7 nitrogen and oxygen atoms in total. The molecule has 3 saturated heterocycles. The van der Waals surface area contributed by atoms with Gasteiger partial charge in [-0.1, -0.05) is 12.8 Å². The minimum atomic E-state index is 0.362. The highest BCUT2D eigenvalue weighted by molar-refractivity contribution is 5.41. The number of anilines is 2. The van der Waals surface area contributed by atoms with E-state index in [0.29, 0.717) is 11.5 Å². The summed E-state index contributed by atoms with van der Waals surface area (Å²) in [6.07, 6.45) is 9.96. The van der Waals surface area contributed by atoms with Crippen LogP contribution in [-0.4, -0.2) is 60.3 Å². The Bertz CT molecular complexity index is 571. The zero-order valence-corrected chi connectivity index (χ0v) is 15.3. The molecule has 0 bridgehead atoms. The van der Waals surface area contributed by atoms with E-state index in [1.54, 1.807) is 7.11 Å². The van der Waals surface area contributed by atoms with Gasteiger partial charge in [0.25, 0.3) is 0 Å². The summed E-state index contributed by atoms with van der Waals surface area (Å²) in [6, 6.07) is 0.434. The molecule has 1 spiro atoms. The van der Waals surface area contributed by atoms with Crippen LogP contribution < -0.4 is 19.9 Å². The number of aromatic nitrogens is 3. The van der Waals surface area contributed by atoms with Gasteiger partial charge in [0, 0.05) is 31.7 Å². The lowest BCUT2D eigenvalue weighted by molar-refractivity contribution is 0.294.